The molecule has 0 aromatic rings. The Balaban J connectivity index is 4.59. The fourth-order valence-corrected chi connectivity index (χ4v) is 5.45. The minimum absolute atomic E-state index is 0.217. The van der Waals surface area contributed by atoms with Crippen LogP contribution in [0.5, 0.6) is 0 Å². The number of hydrogen-bond acceptors (Lipinski definition) is 2. The Hall–Kier alpha value is 0.490. The summed E-state index contributed by atoms with van der Waals surface area (Å²) in [6.45, 7) is 6.35. The van der Waals surface area contributed by atoms with Crippen molar-refractivity contribution in [3.8, 4) is 0 Å². The van der Waals surface area contributed by atoms with Crippen LogP contribution in [0.4, 0.5) is 13.2 Å². The highest BCUT2D eigenvalue weighted by molar-refractivity contribution is 8.76. The molecule has 140 valence electrons. The molecule has 0 aromatic carbocycles. The molecule has 0 fully saturated rings. The highest BCUT2D eigenvalue weighted by Crippen LogP contribution is 2.41. The van der Waals surface area contributed by atoms with E-state index in [0.29, 0.717) is 0 Å². The Kier molecular flexibility index (Phi) is 15.1. The first-order valence-electron chi connectivity index (χ1n) is 9.29. The van der Waals surface area contributed by atoms with E-state index in [2.05, 4.69) is 13.8 Å². The molecule has 0 nitrogen and oxygen atoms in total. The molecular weight excluding hydrogens is 337 g/mol. The molecule has 1 atom stereocenters. The van der Waals surface area contributed by atoms with Crippen molar-refractivity contribution in [2.75, 3.05) is 5.75 Å². The van der Waals surface area contributed by atoms with Gasteiger partial charge in [0.05, 0.1) is 6.42 Å². The van der Waals surface area contributed by atoms with Crippen molar-refractivity contribution in [2.24, 2.45) is 5.92 Å². The summed E-state index contributed by atoms with van der Waals surface area (Å²) in [7, 11) is 3.07. The van der Waals surface area contributed by atoms with Gasteiger partial charge in [-0.05, 0) is 18.8 Å². The quantitative estimate of drug-likeness (QED) is 0.209. The Morgan fingerprint density at radius 1 is 0.783 bits per heavy atom. The van der Waals surface area contributed by atoms with Crippen LogP contribution in [-0.2, 0) is 0 Å². The maximum Gasteiger partial charge on any atom is 0.390 e. The van der Waals surface area contributed by atoms with Gasteiger partial charge in [0.1, 0.15) is 0 Å². The van der Waals surface area contributed by atoms with Crippen LogP contribution in [0.1, 0.15) is 91.4 Å². The van der Waals surface area contributed by atoms with Crippen molar-refractivity contribution in [1.82, 2.24) is 0 Å². The van der Waals surface area contributed by atoms with Crippen molar-refractivity contribution in [2.45, 2.75) is 103 Å². The number of rotatable bonds is 15. The third-order valence-electron chi connectivity index (χ3n) is 4.12. The summed E-state index contributed by atoms with van der Waals surface area (Å²) in [5.74, 6) is 1.09. The lowest BCUT2D eigenvalue weighted by Crippen LogP contribution is -2.24. The molecule has 0 saturated carbocycles. The standard InChI is InChI=1S/C18H35F3S2/c1-4-7-9-11-13-16(14-12-10-8-5-2)17(23-22-6-3)15-18(19,20)21/h16-17H,4-15H2,1-3H3/t17-/m0/s1. The lowest BCUT2D eigenvalue weighted by molar-refractivity contribution is -0.136. The van der Waals surface area contributed by atoms with Crippen LogP contribution in [0.2, 0.25) is 0 Å². The predicted molar refractivity (Wildman–Crippen MR) is 101 cm³/mol. The van der Waals surface area contributed by atoms with Gasteiger partial charge < -0.3 is 0 Å². The Morgan fingerprint density at radius 3 is 1.70 bits per heavy atom. The number of hydrogen-bond donors (Lipinski definition) is 0. The minimum Gasteiger partial charge on any atom is -0.171 e. The number of alkyl halides is 3. The molecule has 0 bridgehead atoms. The maximum absolute atomic E-state index is 13.0. The molecule has 0 aromatic heterocycles. The fraction of sp³-hybridized carbons (Fsp3) is 1.00. The second-order valence-electron chi connectivity index (χ2n) is 6.32. The van der Waals surface area contributed by atoms with Crippen LogP contribution >= 0.6 is 21.6 Å². The van der Waals surface area contributed by atoms with Gasteiger partial charge in [-0.3, -0.25) is 0 Å². The molecule has 0 amide bonds. The van der Waals surface area contributed by atoms with Crippen LogP contribution in [0.25, 0.3) is 0 Å². The zero-order valence-electron chi connectivity index (χ0n) is 15.1. The molecule has 0 spiro atoms. The Labute approximate surface area is 149 Å². The maximum atomic E-state index is 13.0. The normalized spacial score (nSPS) is 13.7. The van der Waals surface area contributed by atoms with Crippen molar-refractivity contribution < 1.29 is 13.2 Å². The highest BCUT2D eigenvalue weighted by atomic mass is 33.1. The molecule has 0 rings (SSSR count). The van der Waals surface area contributed by atoms with Gasteiger partial charge in [0.2, 0.25) is 0 Å². The second-order valence-corrected chi connectivity index (χ2v) is 9.21. The topological polar surface area (TPSA) is 0 Å². The lowest BCUT2D eigenvalue weighted by atomic mass is 9.90. The molecule has 0 heterocycles. The summed E-state index contributed by atoms with van der Waals surface area (Å²) in [4.78, 5) is 0. The van der Waals surface area contributed by atoms with E-state index in [9.17, 15) is 13.2 Å². The highest BCUT2D eigenvalue weighted by Gasteiger charge is 2.35. The molecule has 0 aliphatic rings. The van der Waals surface area contributed by atoms with E-state index in [1.54, 1.807) is 10.8 Å². The van der Waals surface area contributed by atoms with Crippen molar-refractivity contribution in [1.29, 1.82) is 0 Å². The molecule has 0 saturated heterocycles. The van der Waals surface area contributed by atoms with E-state index in [1.165, 1.54) is 36.5 Å². The Bertz CT molecular complexity index is 245. The largest absolute Gasteiger partial charge is 0.390 e. The van der Waals surface area contributed by atoms with Crippen molar-refractivity contribution in [3.63, 3.8) is 0 Å². The lowest BCUT2D eigenvalue weighted by Gasteiger charge is -2.27. The zero-order valence-corrected chi connectivity index (χ0v) is 16.7. The second kappa shape index (κ2) is 14.8. The third kappa shape index (κ3) is 14.5. The predicted octanol–water partition coefficient (Wildman–Crippen LogP) is 8.27. The number of unbranched alkanes of at least 4 members (excludes halogenated alkanes) is 6. The van der Waals surface area contributed by atoms with Crippen LogP contribution in [-0.4, -0.2) is 17.2 Å². The van der Waals surface area contributed by atoms with E-state index >= 15 is 0 Å². The van der Waals surface area contributed by atoms with Crippen molar-refractivity contribution >= 4 is 21.6 Å². The summed E-state index contributed by atoms with van der Waals surface area (Å²) in [5, 5.41) is -0.275. The van der Waals surface area contributed by atoms with Crippen LogP contribution in [0.3, 0.4) is 0 Å². The molecule has 0 unspecified atom stereocenters. The van der Waals surface area contributed by atoms with Crippen molar-refractivity contribution in [3.05, 3.63) is 0 Å². The summed E-state index contributed by atoms with van der Waals surface area (Å²) >= 11 is 0. The summed E-state index contributed by atoms with van der Waals surface area (Å²) in [5.41, 5.74) is 0. The van der Waals surface area contributed by atoms with Gasteiger partial charge in [0, 0.05) is 11.0 Å². The van der Waals surface area contributed by atoms with E-state index in [1.807, 2.05) is 6.92 Å². The van der Waals surface area contributed by atoms with Gasteiger partial charge in [-0.15, -0.1) is 0 Å². The van der Waals surface area contributed by atoms with Crippen LogP contribution in [0.15, 0.2) is 0 Å². The molecule has 5 heteroatoms. The first-order valence-corrected chi connectivity index (χ1v) is 11.7. The zero-order chi connectivity index (χ0) is 17.6. The minimum atomic E-state index is -4.04. The molecular formula is C18H35F3S2. The Morgan fingerprint density at radius 2 is 1.30 bits per heavy atom. The molecule has 0 aliphatic carbocycles. The summed E-state index contributed by atoms with van der Waals surface area (Å²) in [6, 6.07) is 0. The van der Waals surface area contributed by atoms with E-state index in [4.69, 9.17) is 0 Å². The van der Waals surface area contributed by atoms with Gasteiger partial charge in [0.25, 0.3) is 0 Å². The molecule has 23 heavy (non-hydrogen) atoms. The molecule has 0 radical (unpaired) electrons. The first kappa shape index (κ1) is 23.5. The van der Waals surface area contributed by atoms with Gasteiger partial charge in [-0.1, -0.05) is 93.7 Å². The summed E-state index contributed by atoms with van der Waals surface area (Å²) < 4.78 is 38.9. The van der Waals surface area contributed by atoms with Crippen LogP contribution in [0, 0.1) is 5.92 Å². The third-order valence-corrected chi connectivity index (χ3v) is 7.15. The van der Waals surface area contributed by atoms with Gasteiger partial charge >= 0.3 is 6.18 Å². The average Bonchev–Trinajstić information content (AvgIpc) is 2.49. The van der Waals surface area contributed by atoms with E-state index < -0.39 is 12.6 Å². The molecule has 0 aliphatic heterocycles. The van der Waals surface area contributed by atoms with E-state index in [-0.39, 0.29) is 11.2 Å². The fourth-order valence-electron chi connectivity index (χ4n) is 2.85. The summed E-state index contributed by atoms with van der Waals surface area (Å²) in [6.07, 6.45) is 6.48. The van der Waals surface area contributed by atoms with E-state index in [0.717, 1.165) is 44.3 Å². The first-order chi connectivity index (χ1) is 10.9. The van der Waals surface area contributed by atoms with Gasteiger partial charge in [0.15, 0.2) is 0 Å². The average molecular weight is 373 g/mol. The monoisotopic (exact) mass is 372 g/mol. The smallest absolute Gasteiger partial charge is 0.171 e. The van der Waals surface area contributed by atoms with Gasteiger partial charge in [-0.25, -0.2) is 0 Å². The number of halogens is 3. The molecule has 0 N–H and O–H groups in total. The van der Waals surface area contributed by atoms with Crippen LogP contribution < -0.4 is 0 Å². The van der Waals surface area contributed by atoms with Gasteiger partial charge in [-0.2, -0.15) is 13.2 Å². The SMILES string of the molecule is CCCCCCC(CCCCCC)[C@H](CC(F)(F)F)SSCC.